The van der Waals surface area contributed by atoms with Gasteiger partial charge in [-0.2, -0.15) is 0 Å². The number of aromatic nitrogens is 2. The predicted octanol–water partition coefficient (Wildman–Crippen LogP) is 4.42. The minimum atomic E-state index is 0.360. The molecule has 2 aromatic heterocycles. The lowest BCUT2D eigenvalue weighted by atomic mass is 10.2. The summed E-state index contributed by atoms with van der Waals surface area (Å²) in [6.45, 7) is 4.32. The Morgan fingerprint density at radius 2 is 1.88 bits per heavy atom. The molecule has 3 aromatic rings. The number of hydrogen-bond donors (Lipinski definition) is 0. The molecular formula is C14H13ClN2. The van der Waals surface area contributed by atoms with E-state index in [1.165, 1.54) is 16.3 Å². The number of fused-ring (bicyclic) bond motifs is 3. The summed E-state index contributed by atoms with van der Waals surface area (Å²) in [6, 6.07) is 10.8. The Balaban J connectivity index is 2.63. The molecule has 0 atom stereocenters. The van der Waals surface area contributed by atoms with E-state index in [9.17, 15) is 0 Å². The van der Waals surface area contributed by atoms with Gasteiger partial charge in [0.15, 0.2) is 5.15 Å². The Kier molecular flexibility index (Phi) is 2.33. The van der Waals surface area contributed by atoms with E-state index >= 15 is 0 Å². The Morgan fingerprint density at radius 3 is 2.65 bits per heavy atom. The minimum absolute atomic E-state index is 0.360. The zero-order valence-corrected chi connectivity index (χ0v) is 10.6. The van der Waals surface area contributed by atoms with E-state index in [4.69, 9.17) is 11.6 Å². The predicted molar refractivity (Wildman–Crippen MR) is 72.6 cm³/mol. The van der Waals surface area contributed by atoms with Crippen molar-refractivity contribution in [2.24, 2.45) is 0 Å². The van der Waals surface area contributed by atoms with Crippen molar-refractivity contribution in [1.82, 2.24) is 9.55 Å². The molecular weight excluding hydrogens is 232 g/mol. The molecule has 3 rings (SSSR count). The van der Waals surface area contributed by atoms with Crippen molar-refractivity contribution < 1.29 is 0 Å². The summed E-state index contributed by atoms with van der Waals surface area (Å²) in [4.78, 5) is 4.19. The molecule has 0 fully saturated rings. The van der Waals surface area contributed by atoms with Crippen LogP contribution in [0.15, 0.2) is 36.5 Å². The Morgan fingerprint density at radius 1 is 1.12 bits per heavy atom. The van der Waals surface area contributed by atoms with E-state index < -0.39 is 0 Å². The average molecular weight is 245 g/mol. The fraction of sp³-hybridized carbons (Fsp3) is 0.214. The third kappa shape index (κ3) is 1.44. The van der Waals surface area contributed by atoms with E-state index in [-0.39, 0.29) is 0 Å². The summed E-state index contributed by atoms with van der Waals surface area (Å²) in [5.41, 5.74) is 2.25. The molecule has 0 radical (unpaired) electrons. The van der Waals surface area contributed by atoms with Gasteiger partial charge in [-0.3, -0.25) is 0 Å². The van der Waals surface area contributed by atoms with Crippen LogP contribution in [-0.2, 0) is 0 Å². The molecule has 0 bridgehead atoms. The lowest BCUT2D eigenvalue weighted by Crippen LogP contribution is -2.00. The molecule has 0 amide bonds. The van der Waals surface area contributed by atoms with Crippen LogP contribution < -0.4 is 0 Å². The van der Waals surface area contributed by atoms with Crippen LogP contribution in [0.4, 0.5) is 0 Å². The molecule has 0 aliphatic rings. The first-order valence-electron chi connectivity index (χ1n) is 5.73. The largest absolute Gasteiger partial charge is 0.335 e. The molecule has 0 aliphatic heterocycles. The molecule has 0 saturated carbocycles. The molecule has 0 saturated heterocycles. The zero-order chi connectivity index (χ0) is 12.0. The van der Waals surface area contributed by atoms with E-state index in [1.54, 1.807) is 6.20 Å². The van der Waals surface area contributed by atoms with Crippen LogP contribution >= 0.6 is 11.6 Å². The second-order valence-corrected chi connectivity index (χ2v) is 4.84. The first-order chi connectivity index (χ1) is 8.20. The highest BCUT2D eigenvalue weighted by Gasteiger charge is 2.14. The second-order valence-electron chi connectivity index (χ2n) is 4.48. The first-order valence-corrected chi connectivity index (χ1v) is 6.11. The smallest absolute Gasteiger partial charge is 0.153 e. The standard InChI is InChI=1S/C14H13ClN2/c1-9(2)17-12-6-4-3-5-10(12)11-7-8-16-14(15)13(11)17/h3-9H,1-2H3. The van der Waals surface area contributed by atoms with Crippen LogP contribution in [0.5, 0.6) is 0 Å². The highest BCUT2D eigenvalue weighted by atomic mass is 35.5. The maximum atomic E-state index is 6.25. The van der Waals surface area contributed by atoms with Crippen LogP contribution in [0.2, 0.25) is 5.15 Å². The molecule has 2 nitrogen and oxygen atoms in total. The van der Waals surface area contributed by atoms with Gasteiger partial charge >= 0.3 is 0 Å². The molecule has 0 spiro atoms. The van der Waals surface area contributed by atoms with Gasteiger partial charge in [-0.25, -0.2) is 4.98 Å². The highest BCUT2D eigenvalue weighted by molar-refractivity contribution is 6.35. The molecule has 3 heteroatoms. The summed E-state index contributed by atoms with van der Waals surface area (Å²) < 4.78 is 2.25. The highest BCUT2D eigenvalue weighted by Crippen LogP contribution is 2.34. The molecule has 0 N–H and O–H groups in total. The molecule has 2 heterocycles. The van der Waals surface area contributed by atoms with Crippen molar-refractivity contribution in [3.05, 3.63) is 41.7 Å². The van der Waals surface area contributed by atoms with Crippen molar-refractivity contribution in [3.8, 4) is 0 Å². The fourth-order valence-electron chi connectivity index (χ4n) is 2.44. The zero-order valence-electron chi connectivity index (χ0n) is 9.81. The van der Waals surface area contributed by atoms with Crippen molar-refractivity contribution in [3.63, 3.8) is 0 Å². The third-order valence-corrected chi connectivity index (χ3v) is 3.37. The van der Waals surface area contributed by atoms with Crippen molar-refractivity contribution in [2.75, 3.05) is 0 Å². The monoisotopic (exact) mass is 244 g/mol. The quantitative estimate of drug-likeness (QED) is 0.580. The summed E-state index contributed by atoms with van der Waals surface area (Å²) in [7, 11) is 0. The Labute approximate surface area is 105 Å². The van der Waals surface area contributed by atoms with E-state index in [1.807, 2.05) is 6.07 Å². The number of nitrogens with zero attached hydrogens (tertiary/aromatic N) is 2. The summed E-state index contributed by atoms with van der Waals surface area (Å²) in [5.74, 6) is 0. The molecule has 0 unspecified atom stereocenters. The fourth-order valence-corrected chi connectivity index (χ4v) is 2.69. The van der Waals surface area contributed by atoms with E-state index in [0.717, 1.165) is 5.52 Å². The van der Waals surface area contributed by atoms with Gasteiger partial charge in [0.2, 0.25) is 0 Å². The van der Waals surface area contributed by atoms with Gasteiger partial charge in [0, 0.05) is 28.5 Å². The van der Waals surface area contributed by atoms with Crippen molar-refractivity contribution in [1.29, 1.82) is 0 Å². The molecule has 86 valence electrons. The molecule has 0 aliphatic carbocycles. The summed E-state index contributed by atoms with van der Waals surface area (Å²) >= 11 is 6.25. The van der Waals surface area contributed by atoms with Gasteiger partial charge in [-0.15, -0.1) is 0 Å². The van der Waals surface area contributed by atoms with Crippen LogP contribution in [0.3, 0.4) is 0 Å². The van der Waals surface area contributed by atoms with E-state index in [0.29, 0.717) is 11.2 Å². The maximum Gasteiger partial charge on any atom is 0.153 e. The van der Waals surface area contributed by atoms with Crippen LogP contribution in [0, 0.1) is 0 Å². The van der Waals surface area contributed by atoms with Crippen LogP contribution in [-0.4, -0.2) is 9.55 Å². The maximum absolute atomic E-state index is 6.25. The van der Waals surface area contributed by atoms with Crippen LogP contribution in [0.1, 0.15) is 19.9 Å². The number of para-hydroxylation sites is 1. The van der Waals surface area contributed by atoms with Gasteiger partial charge in [0.05, 0.1) is 5.52 Å². The SMILES string of the molecule is CC(C)n1c2ccccc2c2ccnc(Cl)c21. The normalized spacial score (nSPS) is 11.8. The second kappa shape index (κ2) is 3.74. The number of benzene rings is 1. The Hall–Kier alpha value is -1.54. The van der Waals surface area contributed by atoms with Gasteiger partial charge in [-0.1, -0.05) is 29.8 Å². The summed E-state index contributed by atoms with van der Waals surface area (Å²) in [6.07, 6.45) is 1.77. The van der Waals surface area contributed by atoms with E-state index in [2.05, 4.69) is 47.7 Å². The number of hydrogen-bond acceptors (Lipinski definition) is 1. The Bertz CT molecular complexity index is 698. The van der Waals surface area contributed by atoms with Crippen LogP contribution in [0.25, 0.3) is 21.8 Å². The van der Waals surface area contributed by atoms with Crippen molar-refractivity contribution in [2.45, 2.75) is 19.9 Å². The lowest BCUT2D eigenvalue weighted by Gasteiger charge is -2.11. The lowest BCUT2D eigenvalue weighted by molar-refractivity contribution is 0.641. The summed E-state index contributed by atoms with van der Waals surface area (Å²) in [5, 5.41) is 2.99. The van der Waals surface area contributed by atoms with Gasteiger partial charge in [-0.05, 0) is 26.0 Å². The van der Waals surface area contributed by atoms with Gasteiger partial charge in [0.25, 0.3) is 0 Å². The minimum Gasteiger partial charge on any atom is -0.335 e. The molecule has 17 heavy (non-hydrogen) atoms. The van der Waals surface area contributed by atoms with Gasteiger partial charge in [0.1, 0.15) is 0 Å². The molecule has 1 aromatic carbocycles. The first kappa shape index (κ1) is 10.6. The van der Waals surface area contributed by atoms with Crippen molar-refractivity contribution >= 4 is 33.4 Å². The number of rotatable bonds is 1. The number of halogens is 1. The number of pyridine rings is 1. The van der Waals surface area contributed by atoms with Gasteiger partial charge < -0.3 is 4.57 Å². The topological polar surface area (TPSA) is 17.8 Å². The third-order valence-electron chi connectivity index (χ3n) is 3.09. The average Bonchev–Trinajstić information content (AvgIpc) is 2.65.